The van der Waals surface area contributed by atoms with Gasteiger partial charge in [-0.3, -0.25) is 4.90 Å². The number of halogens is 1. The van der Waals surface area contributed by atoms with Gasteiger partial charge in [0.2, 0.25) is 0 Å². The predicted molar refractivity (Wildman–Crippen MR) is 81.4 cm³/mol. The third-order valence-corrected chi connectivity index (χ3v) is 3.68. The van der Waals surface area contributed by atoms with Crippen LogP contribution in [0.2, 0.25) is 5.02 Å². The molecule has 108 valence electrons. The molecule has 0 bridgehead atoms. The van der Waals surface area contributed by atoms with E-state index in [1.165, 1.54) is 0 Å². The normalized spacial score (nSPS) is 14.9. The van der Waals surface area contributed by atoms with E-state index in [0.717, 1.165) is 17.0 Å². The third-order valence-electron chi connectivity index (χ3n) is 3.45. The van der Waals surface area contributed by atoms with Crippen molar-refractivity contribution in [3.8, 4) is 0 Å². The predicted octanol–water partition coefficient (Wildman–Crippen LogP) is 2.82. The van der Waals surface area contributed by atoms with Crippen LogP contribution in [-0.4, -0.2) is 35.2 Å². The van der Waals surface area contributed by atoms with Crippen molar-refractivity contribution in [2.24, 2.45) is 5.73 Å². The fourth-order valence-corrected chi connectivity index (χ4v) is 2.63. The third kappa shape index (κ3) is 4.46. The van der Waals surface area contributed by atoms with Crippen molar-refractivity contribution in [1.29, 1.82) is 0 Å². The fraction of sp³-hybridized carbons (Fsp3) is 0.600. The molecule has 19 heavy (non-hydrogen) atoms. The number of rotatable bonds is 7. The van der Waals surface area contributed by atoms with E-state index in [-0.39, 0.29) is 18.7 Å². The summed E-state index contributed by atoms with van der Waals surface area (Å²) in [6.07, 6.45) is 0.881. The number of aliphatic hydroxyl groups is 1. The second-order valence-electron chi connectivity index (χ2n) is 5.13. The number of hydrogen-bond acceptors (Lipinski definition) is 3. The summed E-state index contributed by atoms with van der Waals surface area (Å²) < 4.78 is 0. The van der Waals surface area contributed by atoms with Gasteiger partial charge in [-0.1, -0.05) is 30.7 Å². The van der Waals surface area contributed by atoms with Gasteiger partial charge < -0.3 is 10.8 Å². The summed E-state index contributed by atoms with van der Waals surface area (Å²) in [7, 11) is 0. The monoisotopic (exact) mass is 284 g/mol. The smallest absolute Gasteiger partial charge is 0.0558 e. The van der Waals surface area contributed by atoms with Gasteiger partial charge >= 0.3 is 0 Å². The topological polar surface area (TPSA) is 49.5 Å². The molecule has 0 aliphatic heterocycles. The highest BCUT2D eigenvalue weighted by Crippen LogP contribution is 2.28. The van der Waals surface area contributed by atoms with Crippen molar-refractivity contribution >= 4 is 11.6 Å². The number of nitrogens with zero attached hydrogens (tertiary/aromatic N) is 1. The Morgan fingerprint density at radius 2 is 2.05 bits per heavy atom. The molecule has 2 unspecified atom stereocenters. The highest BCUT2D eigenvalue weighted by atomic mass is 35.5. The average molecular weight is 285 g/mol. The van der Waals surface area contributed by atoms with Gasteiger partial charge in [-0.15, -0.1) is 0 Å². The Kier molecular flexibility index (Phi) is 6.80. The van der Waals surface area contributed by atoms with Gasteiger partial charge in [-0.25, -0.2) is 0 Å². The van der Waals surface area contributed by atoms with Crippen LogP contribution >= 0.6 is 11.6 Å². The molecular weight excluding hydrogens is 260 g/mol. The zero-order valence-electron chi connectivity index (χ0n) is 12.0. The lowest BCUT2D eigenvalue weighted by Crippen LogP contribution is -2.45. The Labute approximate surface area is 121 Å². The molecular formula is C15H25ClN2O. The molecule has 0 aliphatic rings. The van der Waals surface area contributed by atoms with E-state index in [1.54, 1.807) is 0 Å². The quantitative estimate of drug-likeness (QED) is 0.809. The van der Waals surface area contributed by atoms with Crippen LogP contribution in [0.4, 0.5) is 0 Å². The molecule has 0 aliphatic carbocycles. The largest absolute Gasteiger partial charge is 0.395 e. The molecule has 0 heterocycles. The molecule has 0 spiro atoms. The highest BCUT2D eigenvalue weighted by molar-refractivity contribution is 6.30. The zero-order chi connectivity index (χ0) is 14.4. The molecule has 4 heteroatoms. The molecule has 1 rings (SSSR count). The molecule has 1 aromatic carbocycles. The van der Waals surface area contributed by atoms with Crippen molar-refractivity contribution in [3.05, 3.63) is 34.9 Å². The minimum atomic E-state index is 0.0208. The lowest BCUT2D eigenvalue weighted by molar-refractivity contribution is 0.101. The Bertz CT molecular complexity index is 384. The maximum absolute atomic E-state index is 9.28. The standard InChI is InChI=1S/C15H25ClN2O/c1-4-14(17)15(18(8-9-19)11(2)3)12-6-5-7-13(16)10-12/h5-7,10-11,14-15,19H,4,8-9,17H2,1-3H3. The molecule has 0 fully saturated rings. The van der Waals surface area contributed by atoms with Gasteiger partial charge in [0.05, 0.1) is 12.6 Å². The summed E-state index contributed by atoms with van der Waals surface area (Å²) in [6, 6.07) is 8.25. The van der Waals surface area contributed by atoms with Gasteiger partial charge in [0.15, 0.2) is 0 Å². The fourth-order valence-electron chi connectivity index (χ4n) is 2.43. The van der Waals surface area contributed by atoms with Gasteiger partial charge in [0, 0.05) is 23.7 Å². The van der Waals surface area contributed by atoms with Crippen LogP contribution in [0.3, 0.4) is 0 Å². The molecule has 0 radical (unpaired) electrons. The van der Waals surface area contributed by atoms with Crippen LogP contribution in [0, 0.1) is 0 Å². The van der Waals surface area contributed by atoms with Crippen molar-refractivity contribution in [2.75, 3.05) is 13.2 Å². The van der Waals surface area contributed by atoms with Crippen molar-refractivity contribution in [3.63, 3.8) is 0 Å². The molecule has 3 N–H and O–H groups in total. The number of nitrogens with two attached hydrogens (primary N) is 1. The second-order valence-corrected chi connectivity index (χ2v) is 5.56. The maximum Gasteiger partial charge on any atom is 0.0558 e. The minimum absolute atomic E-state index is 0.0208. The first-order valence-corrected chi connectivity index (χ1v) is 7.26. The van der Waals surface area contributed by atoms with Gasteiger partial charge in [-0.05, 0) is 38.0 Å². The number of benzene rings is 1. The summed E-state index contributed by atoms with van der Waals surface area (Å²) in [4.78, 5) is 2.24. The number of aliphatic hydroxyl groups excluding tert-OH is 1. The summed E-state index contributed by atoms with van der Waals surface area (Å²) >= 11 is 6.09. The summed E-state index contributed by atoms with van der Waals surface area (Å²) in [5.74, 6) is 0. The first-order chi connectivity index (χ1) is 9.01. The van der Waals surface area contributed by atoms with E-state index >= 15 is 0 Å². The van der Waals surface area contributed by atoms with Crippen LogP contribution < -0.4 is 5.73 Å². The second kappa shape index (κ2) is 7.85. The number of hydrogen-bond donors (Lipinski definition) is 2. The van der Waals surface area contributed by atoms with Crippen LogP contribution in [0.15, 0.2) is 24.3 Å². The molecule has 0 saturated carbocycles. The highest BCUT2D eigenvalue weighted by Gasteiger charge is 2.27. The summed E-state index contributed by atoms with van der Waals surface area (Å²) in [5.41, 5.74) is 7.42. The summed E-state index contributed by atoms with van der Waals surface area (Å²) in [6.45, 7) is 7.07. The lowest BCUT2D eigenvalue weighted by Gasteiger charge is -2.38. The maximum atomic E-state index is 9.28. The molecule has 0 aromatic heterocycles. The zero-order valence-corrected chi connectivity index (χ0v) is 12.8. The van der Waals surface area contributed by atoms with Crippen LogP contribution in [-0.2, 0) is 0 Å². The molecule has 0 saturated heterocycles. The van der Waals surface area contributed by atoms with Gasteiger partial charge in [-0.2, -0.15) is 0 Å². The van der Waals surface area contributed by atoms with E-state index < -0.39 is 0 Å². The lowest BCUT2D eigenvalue weighted by atomic mass is 9.95. The van der Waals surface area contributed by atoms with E-state index in [0.29, 0.717) is 12.6 Å². The first-order valence-electron chi connectivity index (χ1n) is 6.88. The minimum Gasteiger partial charge on any atom is -0.395 e. The Morgan fingerprint density at radius 3 is 2.53 bits per heavy atom. The van der Waals surface area contributed by atoms with Crippen LogP contribution in [0.1, 0.15) is 38.8 Å². The molecule has 3 nitrogen and oxygen atoms in total. The van der Waals surface area contributed by atoms with Gasteiger partial charge in [0.25, 0.3) is 0 Å². The first kappa shape index (κ1) is 16.4. The van der Waals surface area contributed by atoms with E-state index in [4.69, 9.17) is 17.3 Å². The van der Waals surface area contributed by atoms with Crippen LogP contribution in [0.25, 0.3) is 0 Å². The Morgan fingerprint density at radius 1 is 1.37 bits per heavy atom. The van der Waals surface area contributed by atoms with Crippen LogP contribution in [0.5, 0.6) is 0 Å². The summed E-state index contributed by atoms with van der Waals surface area (Å²) in [5, 5.41) is 10.0. The molecule has 2 atom stereocenters. The van der Waals surface area contributed by atoms with Gasteiger partial charge in [0.1, 0.15) is 0 Å². The molecule has 0 amide bonds. The van der Waals surface area contributed by atoms with Crippen molar-refractivity contribution < 1.29 is 5.11 Å². The average Bonchev–Trinajstić information content (AvgIpc) is 2.37. The molecule has 1 aromatic rings. The van der Waals surface area contributed by atoms with E-state index in [1.807, 2.05) is 18.2 Å². The Balaban J connectivity index is 3.12. The van der Waals surface area contributed by atoms with Crippen molar-refractivity contribution in [1.82, 2.24) is 4.90 Å². The van der Waals surface area contributed by atoms with Crippen molar-refractivity contribution in [2.45, 2.75) is 45.3 Å². The van der Waals surface area contributed by atoms with E-state index in [9.17, 15) is 5.11 Å². The SMILES string of the molecule is CCC(N)C(c1cccc(Cl)c1)N(CCO)C(C)C. The van der Waals surface area contributed by atoms with E-state index in [2.05, 4.69) is 31.7 Å². The Hall–Kier alpha value is -0.610.